The standard InChI is InChI=1S/C13H16O2/c1-9-3-6-13(15-2)12(7-9)10-4-5-11(14)8-10/h3,6-7,10H,4-5,8H2,1-2H3. The van der Waals surface area contributed by atoms with Crippen molar-refractivity contribution in [3.8, 4) is 5.75 Å². The third kappa shape index (κ3) is 2.04. The Bertz CT molecular complexity index is 382. The number of hydrogen-bond donors (Lipinski definition) is 0. The first-order valence-corrected chi connectivity index (χ1v) is 5.37. The molecule has 1 saturated carbocycles. The highest BCUT2D eigenvalue weighted by atomic mass is 16.5. The average molecular weight is 204 g/mol. The maximum atomic E-state index is 11.3. The van der Waals surface area contributed by atoms with Crippen molar-refractivity contribution in [1.29, 1.82) is 0 Å². The van der Waals surface area contributed by atoms with Crippen LogP contribution in [0.15, 0.2) is 18.2 Å². The maximum Gasteiger partial charge on any atom is 0.133 e. The Morgan fingerprint density at radius 2 is 2.20 bits per heavy atom. The van der Waals surface area contributed by atoms with Gasteiger partial charge < -0.3 is 4.74 Å². The van der Waals surface area contributed by atoms with Gasteiger partial charge in [-0.3, -0.25) is 4.79 Å². The van der Waals surface area contributed by atoms with Crippen molar-refractivity contribution in [3.63, 3.8) is 0 Å². The van der Waals surface area contributed by atoms with E-state index in [1.165, 1.54) is 11.1 Å². The molecule has 2 heteroatoms. The summed E-state index contributed by atoms with van der Waals surface area (Å²) < 4.78 is 5.34. The predicted octanol–water partition coefficient (Wildman–Crippen LogP) is 2.84. The normalized spacial score (nSPS) is 20.7. The molecule has 0 bridgehead atoms. The summed E-state index contributed by atoms with van der Waals surface area (Å²) in [5, 5.41) is 0. The van der Waals surface area contributed by atoms with Gasteiger partial charge in [-0.15, -0.1) is 0 Å². The Hall–Kier alpha value is -1.31. The Morgan fingerprint density at radius 1 is 1.40 bits per heavy atom. The molecule has 2 rings (SSSR count). The third-order valence-electron chi connectivity index (χ3n) is 3.07. The molecule has 0 radical (unpaired) electrons. The highest BCUT2D eigenvalue weighted by molar-refractivity contribution is 5.81. The van der Waals surface area contributed by atoms with E-state index >= 15 is 0 Å². The van der Waals surface area contributed by atoms with Gasteiger partial charge in [-0.2, -0.15) is 0 Å². The summed E-state index contributed by atoms with van der Waals surface area (Å²) in [4.78, 5) is 11.3. The van der Waals surface area contributed by atoms with E-state index in [9.17, 15) is 4.79 Å². The van der Waals surface area contributed by atoms with Crippen molar-refractivity contribution in [2.24, 2.45) is 0 Å². The number of carbonyl (C=O) groups excluding carboxylic acids is 1. The molecule has 80 valence electrons. The van der Waals surface area contributed by atoms with Crippen molar-refractivity contribution in [3.05, 3.63) is 29.3 Å². The number of aryl methyl sites for hydroxylation is 1. The highest BCUT2D eigenvalue weighted by Gasteiger charge is 2.25. The van der Waals surface area contributed by atoms with Gasteiger partial charge in [0.25, 0.3) is 0 Å². The second-order valence-corrected chi connectivity index (χ2v) is 4.22. The lowest BCUT2D eigenvalue weighted by Crippen LogP contribution is -1.98. The van der Waals surface area contributed by atoms with Gasteiger partial charge in [0.05, 0.1) is 7.11 Å². The van der Waals surface area contributed by atoms with E-state index in [1.807, 2.05) is 12.1 Å². The minimum Gasteiger partial charge on any atom is -0.496 e. The third-order valence-corrected chi connectivity index (χ3v) is 3.07. The molecule has 0 N–H and O–H groups in total. The lowest BCUT2D eigenvalue weighted by atomic mass is 9.95. The van der Waals surface area contributed by atoms with Gasteiger partial charge in [0, 0.05) is 12.8 Å². The molecular weight excluding hydrogens is 188 g/mol. The van der Waals surface area contributed by atoms with E-state index in [0.717, 1.165) is 18.6 Å². The van der Waals surface area contributed by atoms with Crippen LogP contribution in [0.2, 0.25) is 0 Å². The zero-order valence-electron chi connectivity index (χ0n) is 9.25. The van der Waals surface area contributed by atoms with Crippen LogP contribution in [0, 0.1) is 6.92 Å². The Balaban J connectivity index is 2.33. The molecule has 1 atom stereocenters. The summed E-state index contributed by atoms with van der Waals surface area (Å²) in [6, 6.07) is 6.18. The number of rotatable bonds is 2. The van der Waals surface area contributed by atoms with Gasteiger partial charge in [-0.05, 0) is 30.9 Å². The molecule has 1 aromatic carbocycles. The van der Waals surface area contributed by atoms with E-state index in [0.29, 0.717) is 18.1 Å². The molecule has 1 fully saturated rings. The lowest BCUT2D eigenvalue weighted by Gasteiger charge is -2.14. The summed E-state index contributed by atoms with van der Waals surface area (Å²) in [6.07, 6.45) is 2.38. The van der Waals surface area contributed by atoms with Crippen LogP contribution in [0.1, 0.15) is 36.3 Å². The number of ketones is 1. The van der Waals surface area contributed by atoms with Gasteiger partial charge in [-0.1, -0.05) is 17.7 Å². The molecule has 1 aromatic rings. The molecule has 1 aliphatic carbocycles. The molecule has 2 nitrogen and oxygen atoms in total. The zero-order valence-corrected chi connectivity index (χ0v) is 9.25. The largest absolute Gasteiger partial charge is 0.496 e. The van der Waals surface area contributed by atoms with Gasteiger partial charge in [0.2, 0.25) is 0 Å². The van der Waals surface area contributed by atoms with Gasteiger partial charge in [0.15, 0.2) is 0 Å². The number of methoxy groups -OCH3 is 1. The van der Waals surface area contributed by atoms with Gasteiger partial charge in [-0.25, -0.2) is 0 Å². The van der Waals surface area contributed by atoms with E-state index in [4.69, 9.17) is 4.74 Å². The van der Waals surface area contributed by atoms with Crippen LogP contribution in [-0.4, -0.2) is 12.9 Å². The van der Waals surface area contributed by atoms with Crippen LogP contribution in [-0.2, 0) is 4.79 Å². The molecule has 0 amide bonds. The number of ether oxygens (including phenoxy) is 1. The van der Waals surface area contributed by atoms with Crippen molar-refractivity contribution in [2.45, 2.75) is 32.1 Å². The van der Waals surface area contributed by atoms with Crippen LogP contribution in [0.25, 0.3) is 0 Å². The van der Waals surface area contributed by atoms with E-state index in [1.54, 1.807) is 7.11 Å². The van der Waals surface area contributed by atoms with E-state index in [-0.39, 0.29) is 0 Å². The summed E-state index contributed by atoms with van der Waals surface area (Å²) >= 11 is 0. The summed E-state index contributed by atoms with van der Waals surface area (Å²) in [7, 11) is 1.69. The fraction of sp³-hybridized carbons (Fsp3) is 0.462. The summed E-state index contributed by atoms with van der Waals surface area (Å²) in [5.74, 6) is 1.66. The molecule has 0 aliphatic heterocycles. The van der Waals surface area contributed by atoms with E-state index in [2.05, 4.69) is 13.0 Å². The first-order valence-electron chi connectivity index (χ1n) is 5.37. The van der Waals surface area contributed by atoms with Gasteiger partial charge >= 0.3 is 0 Å². The molecule has 0 heterocycles. The monoisotopic (exact) mass is 204 g/mol. The van der Waals surface area contributed by atoms with Crippen LogP contribution in [0.3, 0.4) is 0 Å². The predicted molar refractivity (Wildman–Crippen MR) is 59.3 cm³/mol. The Labute approximate surface area is 90.3 Å². The Kier molecular flexibility index (Phi) is 2.76. The fourth-order valence-electron chi connectivity index (χ4n) is 2.25. The molecule has 1 aliphatic rings. The highest BCUT2D eigenvalue weighted by Crippen LogP contribution is 2.37. The quantitative estimate of drug-likeness (QED) is 0.740. The topological polar surface area (TPSA) is 26.3 Å². The van der Waals surface area contributed by atoms with Crippen molar-refractivity contribution in [1.82, 2.24) is 0 Å². The lowest BCUT2D eigenvalue weighted by molar-refractivity contribution is -0.117. The molecule has 0 aromatic heterocycles. The molecular formula is C13H16O2. The smallest absolute Gasteiger partial charge is 0.133 e. The van der Waals surface area contributed by atoms with Crippen LogP contribution < -0.4 is 4.74 Å². The maximum absolute atomic E-state index is 11.3. The fourth-order valence-corrected chi connectivity index (χ4v) is 2.25. The minimum atomic E-state index is 0.368. The summed E-state index contributed by atoms with van der Waals surface area (Å²) in [6.45, 7) is 2.07. The number of carbonyl (C=O) groups is 1. The second-order valence-electron chi connectivity index (χ2n) is 4.22. The molecule has 0 saturated heterocycles. The average Bonchev–Trinajstić information content (AvgIpc) is 2.65. The first-order chi connectivity index (χ1) is 7.20. The summed E-state index contributed by atoms with van der Waals surface area (Å²) in [5.41, 5.74) is 2.42. The molecule has 0 spiro atoms. The second kappa shape index (κ2) is 4.05. The molecule has 1 unspecified atom stereocenters. The zero-order chi connectivity index (χ0) is 10.8. The van der Waals surface area contributed by atoms with Crippen molar-refractivity contribution < 1.29 is 9.53 Å². The van der Waals surface area contributed by atoms with Crippen LogP contribution in [0.4, 0.5) is 0 Å². The minimum absolute atomic E-state index is 0.368. The van der Waals surface area contributed by atoms with E-state index < -0.39 is 0 Å². The molecule has 15 heavy (non-hydrogen) atoms. The van der Waals surface area contributed by atoms with Crippen LogP contribution >= 0.6 is 0 Å². The van der Waals surface area contributed by atoms with Crippen molar-refractivity contribution in [2.75, 3.05) is 7.11 Å². The number of Topliss-reactive ketones (excluding diaryl/α,β-unsaturated/α-hetero) is 1. The number of benzene rings is 1. The SMILES string of the molecule is COc1ccc(C)cc1C1CCC(=O)C1. The van der Waals surface area contributed by atoms with Crippen molar-refractivity contribution >= 4 is 5.78 Å². The van der Waals surface area contributed by atoms with Crippen LogP contribution in [0.5, 0.6) is 5.75 Å². The Morgan fingerprint density at radius 3 is 2.80 bits per heavy atom. The first kappa shape index (κ1) is 10.2. The van der Waals surface area contributed by atoms with Gasteiger partial charge in [0.1, 0.15) is 11.5 Å². The number of hydrogen-bond acceptors (Lipinski definition) is 2.